The third-order valence-electron chi connectivity index (χ3n) is 5.14. The Hall–Kier alpha value is -0.870. The van der Waals surface area contributed by atoms with E-state index in [1.165, 1.54) is 18.7 Å². The summed E-state index contributed by atoms with van der Waals surface area (Å²) in [6, 6.07) is 0. The molecule has 1 fully saturated rings. The lowest BCUT2D eigenvalue weighted by Gasteiger charge is -2.47. The molecule has 0 spiro atoms. The number of imidazole rings is 1. The first-order valence-electron chi connectivity index (χ1n) is 6.54. The number of nitrogens with two attached hydrogens (primary N) is 1. The second-order valence-corrected chi connectivity index (χ2v) is 6.00. The summed E-state index contributed by atoms with van der Waals surface area (Å²) >= 11 is 0. The molecule has 1 aliphatic heterocycles. The van der Waals surface area contributed by atoms with Crippen LogP contribution in [0, 0.1) is 5.41 Å². The van der Waals surface area contributed by atoms with Gasteiger partial charge in [0.1, 0.15) is 5.82 Å². The molecule has 17 heavy (non-hydrogen) atoms. The normalized spacial score (nSPS) is 26.3. The monoisotopic (exact) mass is 234 g/mol. The third kappa shape index (κ3) is 1.54. The van der Waals surface area contributed by atoms with Gasteiger partial charge in [0.2, 0.25) is 0 Å². The summed E-state index contributed by atoms with van der Waals surface area (Å²) in [6.07, 6.45) is 6.60. The lowest BCUT2D eigenvalue weighted by atomic mass is 9.81. The van der Waals surface area contributed by atoms with E-state index in [0.717, 1.165) is 26.2 Å². The molecule has 4 heteroatoms. The van der Waals surface area contributed by atoms with E-state index in [2.05, 4.69) is 34.5 Å². The zero-order chi connectivity index (χ0) is 12.1. The van der Waals surface area contributed by atoms with Crippen LogP contribution >= 0.6 is 0 Å². The van der Waals surface area contributed by atoms with E-state index < -0.39 is 0 Å². The van der Waals surface area contributed by atoms with Gasteiger partial charge in [-0.25, -0.2) is 4.98 Å². The van der Waals surface area contributed by atoms with E-state index in [0.29, 0.717) is 5.41 Å². The van der Waals surface area contributed by atoms with Gasteiger partial charge in [-0.3, -0.25) is 4.90 Å². The minimum atomic E-state index is 0.129. The quantitative estimate of drug-likeness (QED) is 0.855. The van der Waals surface area contributed by atoms with E-state index in [1.807, 2.05) is 6.20 Å². The number of hydrogen-bond donors (Lipinski definition) is 1. The van der Waals surface area contributed by atoms with E-state index in [4.69, 9.17) is 5.73 Å². The lowest BCUT2D eigenvalue weighted by molar-refractivity contribution is 0.0232. The maximum absolute atomic E-state index is 6.09. The van der Waals surface area contributed by atoms with Crippen molar-refractivity contribution in [2.45, 2.75) is 45.3 Å². The Labute approximate surface area is 103 Å². The predicted molar refractivity (Wildman–Crippen MR) is 67.4 cm³/mol. The maximum Gasteiger partial charge on any atom is 0.122 e. The van der Waals surface area contributed by atoms with Crippen molar-refractivity contribution in [2.24, 2.45) is 11.1 Å². The van der Waals surface area contributed by atoms with Crippen molar-refractivity contribution in [2.75, 3.05) is 13.1 Å². The van der Waals surface area contributed by atoms with Gasteiger partial charge in [0.15, 0.2) is 0 Å². The highest BCUT2D eigenvalue weighted by Crippen LogP contribution is 2.55. The molecular weight excluding hydrogens is 212 g/mol. The molecule has 94 valence electrons. The van der Waals surface area contributed by atoms with E-state index in [1.54, 1.807) is 0 Å². The van der Waals surface area contributed by atoms with Crippen LogP contribution in [-0.2, 0) is 13.1 Å². The number of aromatic nitrogens is 2. The predicted octanol–water partition coefficient (Wildman–Crippen LogP) is 1.22. The van der Waals surface area contributed by atoms with Gasteiger partial charge < -0.3 is 10.3 Å². The molecule has 1 aromatic heterocycles. The van der Waals surface area contributed by atoms with E-state index in [-0.39, 0.29) is 5.54 Å². The van der Waals surface area contributed by atoms with Gasteiger partial charge in [-0.1, -0.05) is 6.92 Å². The summed E-state index contributed by atoms with van der Waals surface area (Å²) in [5.41, 5.74) is 6.63. The highest BCUT2D eigenvalue weighted by atomic mass is 15.3. The highest BCUT2D eigenvalue weighted by molar-refractivity contribution is 5.11. The van der Waals surface area contributed by atoms with Crippen LogP contribution in [0.15, 0.2) is 12.4 Å². The van der Waals surface area contributed by atoms with E-state index >= 15 is 0 Å². The van der Waals surface area contributed by atoms with Gasteiger partial charge in [0.25, 0.3) is 0 Å². The molecule has 0 aromatic carbocycles. The summed E-state index contributed by atoms with van der Waals surface area (Å²) in [7, 11) is 0. The van der Waals surface area contributed by atoms with E-state index in [9.17, 15) is 0 Å². The van der Waals surface area contributed by atoms with Gasteiger partial charge in [-0.05, 0) is 25.2 Å². The van der Waals surface area contributed by atoms with Gasteiger partial charge >= 0.3 is 0 Å². The average Bonchev–Trinajstić information content (AvgIpc) is 2.94. The number of hydrogen-bond acceptors (Lipinski definition) is 3. The first-order valence-corrected chi connectivity index (χ1v) is 6.54. The molecule has 2 aliphatic rings. The van der Waals surface area contributed by atoms with Gasteiger partial charge in [0, 0.05) is 37.6 Å². The fourth-order valence-corrected chi connectivity index (χ4v) is 3.08. The van der Waals surface area contributed by atoms with Crippen molar-refractivity contribution in [1.82, 2.24) is 14.5 Å². The van der Waals surface area contributed by atoms with Crippen LogP contribution < -0.4 is 5.73 Å². The molecule has 2 N–H and O–H groups in total. The Balaban J connectivity index is 1.86. The van der Waals surface area contributed by atoms with Crippen LogP contribution in [0.3, 0.4) is 0 Å². The molecule has 3 rings (SSSR count). The molecule has 0 radical (unpaired) electrons. The lowest BCUT2D eigenvalue weighted by Crippen LogP contribution is -2.58. The Morgan fingerprint density at radius 1 is 1.47 bits per heavy atom. The Morgan fingerprint density at radius 3 is 2.88 bits per heavy atom. The minimum Gasteiger partial charge on any atom is -0.333 e. The summed E-state index contributed by atoms with van der Waals surface area (Å²) < 4.78 is 2.25. The molecule has 1 aromatic rings. The number of fused-ring (bicyclic) bond motifs is 1. The van der Waals surface area contributed by atoms with Crippen LogP contribution in [0.2, 0.25) is 0 Å². The zero-order valence-electron chi connectivity index (χ0n) is 10.8. The van der Waals surface area contributed by atoms with Crippen LogP contribution in [0.5, 0.6) is 0 Å². The molecular formula is C13H22N4. The topological polar surface area (TPSA) is 47.1 Å². The Morgan fingerprint density at radius 2 is 2.24 bits per heavy atom. The second-order valence-electron chi connectivity index (χ2n) is 6.00. The van der Waals surface area contributed by atoms with Crippen molar-refractivity contribution < 1.29 is 0 Å². The molecule has 0 bridgehead atoms. The highest BCUT2D eigenvalue weighted by Gasteiger charge is 2.55. The first kappa shape index (κ1) is 11.2. The van der Waals surface area contributed by atoms with Crippen LogP contribution in [0.1, 0.15) is 32.5 Å². The smallest absolute Gasteiger partial charge is 0.122 e. The molecule has 4 nitrogen and oxygen atoms in total. The summed E-state index contributed by atoms with van der Waals surface area (Å²) in [5.74, 6) is 1.18. The number of nitrogens with zero attached hydrogens (tertiary/aromatic N) is 3. The fourth-order valence-electron chi connectivity index (χ4n) is 3.08. The van der Waals surface area contributed by atoms with Crippen molar-refractivity contribution in [1.29, 1.82) is 0 Å². The number of rotatable bonds is 3. The van der Waals surface area contributed by atoms with Gasteiger partial charge in [-0.2, -0.15) is 0 Å². The Bertz CT molecular complexity index is 421. The first-order chi connectivity index (χ1) is 8.09. The largest absolute Gasteiger partial charge is 0.333 e. The van der Waals surface area contributed by atoms with Gasteiger partial charge in [-0.15, -0.1) is 0 Å². The van der Waals surface area contributed by atoms with Crippen molar-refractivity contribution in [3.63, 3.8) is 0 Å². The molecule has 1 aliphatic carbocycles. The van der Waals surface area contributed by atoms with Crippen molar-refractivity contribution in [3.8, 4) is 0 Å². The van der Waals surface area contributed by atoms with Crippen molar-refractivity contribution in [3.05, 3.63) is 18.2 Å². The van der Waals surface area contributed by atoms with Crippen molar-refractivity contribution >= 4 is 0 Å². The summed E-state index contributed by atoms with van der Waals surface area (Å²) in [5, 5.41) is 0. The summed E-state index contributed by atoms with van der Waals surface area (Å²) in [6.45, 7) is 8.52. The van der Waals surface area contributed by atoms with Crippen LogP contribution in [0.25, 0.3) is 0 Å². The average molecular weight is 234 g/mol. The Kier molecular flexibility index (Phi) is 2.35. The molecule has 0 amide bonds. The standard InChI is InChI=1S/C13H22N4/c1-12(3-4-12)13(2,10-14)17-8-7-16-6-5-15-11(16)9-17/h5-6H,3-4,7-10,14H2,1-2H3. The maximum atomic E-state index is 6.09. The molecule has 2 heterocycles. The SMILES string of the molecule is CC1(C(C)(CN)N2CCn3ccnc3C2)CC1. The molecule has 1 saturated carbocycles. The fraction of sp³-hybridized carbons (Fsp3) is 0.769. The molecule has 0 saturated heterocycles. The molecule has 1 unspecified atom stereocenters. The minimum absolute atomic E-state index is 0.129. The van der Waals surface area contributed by atoms with Gasteiger partial charge in [0.05, 0.1) is 6.54 Å². The van der Waals surface area contributed by atoms with Crippen LogP contribution in [-0.4, -0.2) is 33.1 Å². The zero-order valence-corrected chi connectivity index (χ0v) is 10.8. The second kappa shape index (κ2) is 3.56. The van der Waals surface area contributed by atoms with Crippen LogP contribution in [0.4, 0.5) is 0 Å². The third-order valence-corrected chi connectivity index (χ3v) is 5.14. The summed E-state index contributed by atoms with van der Waals surface area (Å²) in [4.78, 5) is 6.98. The molecule has 1 atom stereocenters.